The largest absolute Gasteiger partial charge is 0.385 e. The molecule has 0 fully saturated rings. The molecule has 4 nitrogen and oxygen atoms in total. The first-order valence-corrected chi connectivity index (χ1v) is 7.27. The average Bonchev–Trinajstić information content (AvgIpc) is 2.37. The highest BCUT2D eigenvalue weighted by molar-refractivity contribution is 7.99. The van der Waals surface area contributed by atoms with Crippen molar-refractivity contribution in [2.45, 2.75) is 18.6 Å². The fourth-order valence-corrected chi connectivity index (χ4v) is 1.78. The van der Waals surface area contributed by atoms with Crippen LogP contribution in [0.4, 0.5) is 5.69 Å². The van der Waals surface area contributed by atoms with Gasteiger partial charge in [-0.1, -0.05) is 6.92 Å². The molecular formula is C13H21N3OS. The monoisotopic (exact) mass is 267 g/mol. The van der Waals surface area contributed by atoms with Gasteiger partial charge < -0.3 is 10.2 Å². The molecule has 1 unspecified atom stereocenters. The van der Waals surface area contributed by atoms with Crippen LogP contribution in [0.5, 0.6) is 0 Å². The van der Waals surface area contributed by atoms with Crippen molar-refractivity contribution in [3.8, 4) is 0 Å². The summed E-state index contributed by atoms with van der Waals surface area (Å²) in [5, 5.41) is 3.96. The maximum Gasteiger partial charge on any atom is 0.272 e. The van der Waals surface area contributed by atoms with Gasteiger partial charge >= 0.3 is 0 Å². The Hall–Kier alpha value is -1.23. The first-order chi connectivity index (χ1) is 8.54. The fraction of sp³-hybridized carbons (Fsp3) is 0.538. The Kier molecular flexibility index (Phi) is 5.98. The van der Waals surface area contributed by atoms with E-state index in [0.717, 1.165) is 18.7 Å². The number of aromatic nitrogens is 1. The van der Waals surface area contributed by atoms with Crippen LogP contribution in [0, 0.1) is 0 Å². The third-order valence-electron chi connectivity index (χ3n) is 2.67. The van der Waals surface area contributed by atoms with Crippen LogP contribution in [-0.2, 0) is 0 Å². The molecule has 0 saturated heterocycles. The number of nitrogens with one attached hydrogen (secondary N) is 1. The number of carbonyl (C=O) groups excluding carboxylic acids is 1. The second-order valence-corrected chi connectivity index (χ2v) is 5.67. The number of amides is 1. The summed E-state index contributed by atoms with van der Waals surface area (Å²) in [6, 6.07) is 3.68. The van der Waals surface area contributed by atoms with Gasteiger partial charge in [-0.2, -0.15) is 11.8 Å². The zero-order valence-electron chi connectivity index (χ0n) is 11.4. The van der Waals surface area contributed by atoms with Gasteiger partial charge in [-0.25, -0.2) is 0 Å². The van der Waals surface area contributed by atoms with Crippen molar-refractivity contribution in [2.75, 3.05) is 32.2 Å². The maximum atomic E-state index is 11.8. The predicted molar refractivity (Wildman–Crippen MR) is 78.3 cm³/mol. The van der Waals surface area contributed by atoms with E-state index in [4.69, 9.17) is 0 Å². The van der Waals surface area contributed by atoms with Crippen molar-refractivity contribution >= 4 is 23.4 Å². The lowest BCUT2D eigenvalue weighted by Crippen LogP contribution is -2.22. The second-order valence-electron chi connectivity index (χ2n) is 4.39. The molecule has 0 aromatic carbocycles. The first kappa shape index (κ1) is 14.8. The highest BCUT2D eigenvalue weighted by Crippen LogP contribution is 2.12. The third kappa shape index (κ3) is 4.56. The van der Waals surface area contributed by atoms with Gasteiger partial charge in [0.2, 0.25) is 0 Å². The van der Waals surface area contributed by atoms with E-state index in [1.807, 2.05) is 17.8 Å². The smallest absolute Gasteiger partial charge is 0.272 e. The molecule has 1 N–H and O–H groups in total. The Morgan fingerprint density at radius 1 is 1.56 bits per heavy atom. The van der Waals surface area contributed by atoms with Gasteiger partial charge in [0.15, 0.2) is 0 Å². The van der Waals surface area contributed by atoms with E-state index in [1.54, 1.807) is 26.4 Å². The number of hydrogen-bond donors (Lipinski definition) is 1. The van der Waals surface area contributed by atoms with E-state index in [-0.39, 0.29) is 5.91 Å². The van der Waals surface area contributed by atoms with Gasteiger partial charge in [-0.15, -0.1) is 0 Å². The van der Waals surface area contributed by atoms with E-state index >= 15 is 0 Å². The van der Waals surface area contributed by atoms with Crippen LogP contribution in [0.3, 0.4) is 0 Å². The standard InChI is InChI=1S/C13H21N3OS/c1-10(18-4)5-7-14-11-6-8-15-12(9-11)13(17)16(2)3/h6,8-10H,5,7H2,1-4H3,(H,14,15). The topological polar surface area (TPSA) is 45.2 Å². The summed E-state index contributed by atoms with van der Waals surface area (Å²) in [5.74, 6) is -0.0730. The molecule has 0 aliphatic rings. The molecule has 1 amide bonds. The van der Waals surface area contributed by atoms with Crippen molar-refractivity contribution in [1.29, 1.82) is 0 Å². The summed E-state index contributed by atoms with van der Waals surface area (Å²) in [7, 11) is 3.45. The zero-order valence-corrected chi connectivity index (χ0v) is 12.3. The number of thioether (sulfide) groups is 1. The van der Waals surface area contributed by atoms with Gasteiger partial charge in [0.05, 0.1) is 0 Å². The lowest BCUT2D eigenvalue weighted by molar-refractivity contribution is 0.0822. The van der Waals surface area contributed by atoms with Crippen LogP contribution in [-0.4, -0.2) is 47.9 Å². The summed E-state index contributed by atoms with van der Waals surface area (Å²) in [5.41, 5.74) is 1.42. The number of hydrogen-bond acceptors (Lipinski definition) is 4. The van der Waals surface area contributed by atoms with Crippen LogP contribution < -0.4 is 5.32 Å². The molecule has 1 rings (SSSR count). The number of pyridine rings is 1. The van der Waals surface area contributed by atoms with Crippen molar-refractivity contribution < 1.29 is 4.79 Å². The first-order valence-electron chi connectivity index (χ1n) is 5.99. The second kappa shape index (κ2) is 7.26. The number of rotatable bonds is 6. The van der Waals surface area contributed by atoms with Gasteiger partial charge in [0, 0.05) is 37.8 Å². The molecule has 1 aromatic rings. The van der Waals surface area contributed by atoms with E-state index in [0.29, 0.717) is 10.9 Å². The van der Waals surface area contributed by atoms with Crippen LogP contribution in [0.25, 0.3) is 0 Å². The van der Waals surface area contributed by atoms with Crippen LogP contribution in [0.15, 0.2) is 18.3 Å². The van der Waals surface area contributed by atoms with E-state index in [9.17, 15) is 4.79 Å². The minimum atomic E-state index is -0.0730. The van der Waals surface area contributed by atoms with Gasteiger partial charge in [-0.05, 0) is 24.8 Å². The molecule has 100 valence electrons. The summed E-state index contributed by atoms with van der Waals surface area (Å²) in [6.07, 6.45) is 4.88. The van der Waals surface area contributed by atoms with Crippen molar-refractivity contribution in [1.82, 2.24) is 9.88 Å². The highest BCUT2D eigenvalue weighted by atomic mass is 32.2. The predicted octanol–water partition coefficient (Wildman–Crippen LogP) is 2.34. The normalized spacial score (nSPS) is 12.0. The molecule has 1 heterocycles. The highest BCUT2D eigenvalue weighted by Gasteiger charge is 2.09. The van der Waals surface area contributed by atoms with Gasteiger partial charge in [0.1, 0.15) is 5.69 Å². The molecular weight excluding hydrogens is 246 g/mol. The SMILES string of the molecule is CSC(C)CCNc1ccnc(C(=O)N(C)C)c1. The Balaban J connectivity index is 2.57. The Bertz CT molecular complexity index is 396. The molecule has 0 aliphatic carbocycles. The quantitative estimate of drug-likeness (QED) is 0.859. The summed E-state index contributed by atoms with van der Waals surface area (Å²) in [4.78, 5) is 17.4. The molecule has 0 bridgehead atoms. The van der Waals surface area contributed by atoms with E-state index in [2.05, 4.69) is 23.5 Å². The molecule has 1 atom stereocenters. The Labute approximate surface area is 113 Å². The minimum absolute atomic E-state index is 0.0730. The van der Waals surface area contributed by atoms with E-state index < -0.39 is 0 Å². The number of nitrogens with zero attached hydrogens (tertiary/aromatic N) is 2. The third-order valence-corrected chi connectivity index (χ3v) is 3.71. The fourth-order valence-electron chi connectivity index (χ4n) is 1.42. The summed E-state index contributed by atoms with van der Waals surface area (Å²) in [6.45, 7) is 3.11. The van der Waals surface area contributed by atoms with Crippen LogP contribution in [0.2, 0.25) is 0 Å². The number of anilines is 1. The van der Waals surface area contributed by atoms with Crippen LogP contribution >= 0.6 is 11.8 Å². The molecule has 0 aliphatic heterocycles. The number of carbonyl (C=O) groups is 1. The molecule has 5 heteroatoms. The van der Waals surface area contributed by atoms with Crippen molar-refractivity contribution in [3.05, 3.63) is 24.0 Å². The average molecular weight is 267 g/mol. The lowest BCUT2D eigenvalue weighted by atomic mass is 10.2. The maximum absolute atomic E-state index is 11.8. The summed E-state index contributed by atoms with van der Waals surface area (Å²) < 4.78 is 0. The van der Waals surface area contributed by atoms with E-state index in [1.165, 1.54) is 4.90 Å². The lowest BCUT2D eigenvalue weighted by Gasteiger charge is -2.12. The molecule has 0 spiro atoms. The van der Waals surface area contributed by atoms with Gasteiger partial charge in [-0.3, -0.25) is 9.78 Å². The Morgan fingerprint density at radius 2 is 2.28 bits per heavy atom. The summed E-state index contributed by atoms with van der Waals surface area (Å²) >= 11 is 1.86. The minimum Gasteiger partial charge on any atom is -0.385 e. The molecule has 18 heavy (non-hydrogen) atoms. The molecule has 0 radical (unpaired) electrons. The van der Waals surface area contributed by atoms with Crippen molar-refractivity contribution in [3.63, 3.8) is 0 Å². The molecule has 0 saturated carbocycles. The van der Waals surface area contributed by atoms with Gasteiger partial charge in [0.25, 0.3) is 5.91 Å². The zero-order chi connectivity index (χ0) is 13.5. The van der Waals surface area contributed by atoms with Crippen LogP contribution in [0.1, 0.15) is 23.8 Å². The molecule has 1 aromatic heterocycles. The van der Waals surface area contributed by atoms with Crippen molar-refractivity contribution in [2.24, 2.45) is 0 Å². The Morgan fingerprint density at radius 3 is 2.89 bits per heavy atom.